The van der Waals surface area contributed by atoms with Crippen LogP contribution in [-0.2, 0) is 20.7 Å². The summed E-state index contributed by atoms with van der Waals surface area (Å²) in [6.45, 7) is 5.42. The molecular formula is C19H26N2O5. The molecule has 0 aliphatic heterocycles. The van der Waals surface area contributed by atoms with E-state index < -0.39 is 24.0 Å². The summed E-state index contributed by atoms with van der Waals surface area (Å²) in [6.07, 6.45) is 0.666. The molecule has 26 heavy (non-hydrogen) atoms. The van der Waals surface area contributed by atoms with Crippen molar-refractivity contribution in [2.75, 3.05) is 0 Å². The van der Waals surface area contributed by atoms with E-state index in [9.17, 15) is 19.2 Å². The summed E-state index contributed by atoms with van der Waals surface area (Å²) in [5.74, 6) is -1.98. The molecule has 3 N–H and O–H groups in total. The van der Waals surface area contributed by atoms with Gasteiger partial charge in [0.15, 0.2) is 11.9 Å². The average Bonchev–Trinajstić information content (AvgIpc) is 2.57. The summed E-state index contributed by atoms with van der Waals surface area (Å²) >= 11 is 0. The first-order valence-electron chi connectivity index (χ1n) is 8.66. The second-order valence-electron chi connectivity index (χ2n) is 6.38. The number of ketones is 1. The van der Waals surface area contributed by atoms with Crippen LogP contribution in [0.5, 0.6) is 0 Å². The summed E-state index contributed by atoms with van der Waals surface area (Å²) in [4.78, 5) is 46.7. The Morgan fingerprint density at radius 1 is 1.08 bits per heavy atom. The van der Waals surface area contributed by atoms with E-state index in [4.69, 9.17) is 10.5 Å². The van der Waals surface area contributed by atoms with E-state index >= 15 is 0 Å². The van der Waals surface area contributed by atoms with E-state index in [1.807, 2.05) is 17.4 Å². The largest absolute Gasteiger partial charge is 0.452 e. The van der Waals surface area contributed by atoms with Gasteiger partial charge in [0.05, 0.1) is 6.42 Å². The number of ether oxygens (including phenoxy) is 1. The lowest BCUT2D eigenvalue weighted by atomic mass is 10.0. The van der Waals surface area contributed by atoms with E-state index in [1.165, 1.54) is 0 Å². The van der Waals surface area contributed by atoms with Crippen LogP contribution in [0.15, 0.2) is 24.3 Å². The second-order valence-corrected chi connectivity index (χ2v) is 6.38. The van der Waals surface area contributed by atoms with E-state index in [1.54, 1.807) is 26.0 Å². The van der Waals surface area contributed by atoms with Crippen LogP contribution in [0.3, 0.4) is 0 Å². The summed E-state index contributed by atoms with van der Waals surface area (Å²) in [5.41, 5.74) is 6.59. The van der Waals surface area contributed by atoms with Crippen molar-refractivity contribution in [1.29, 1.82) is 0 Å². The molecule has 1 aromatic rings. The molecule has 3 amide bonds. The van der Waals surface area contributed by atoms with Gasteiger partial charge in [0, 0.05) is 12.0 Å². The maximum Gasteiger partial charge on any atom is 0.318 e. The Labute approximate surface area is 153 Å². The van der Waals surface area contributed by atoms with Crippen molar-refractivity contribution in [2.24, 2.45) is 11.7 Å². The first-order valence-corrected chi connectivity index (χ1v) is 8.66. The Morgan fingerprint density at radius 3 is 2.19 bits per heavy atom. The highest BCUT2D eigenvalue weighted by atomic mass is 16.5. The minimum absolute atomic E-state index is 0.0196. The third-order valence-corrected chi connectivity index (χ3v) is 3.74. The minimum Gasteiger partial charge on any atom is -0.452 e. The first kappa shape index (κ1) is 21.3. The normalized spacial score (nSPS) is 11.7. The van der Waals surface area contributed by atoms with Gasteiger partial charge in [-0.05, 0) is 17.9 Å². The fourth-order valence-corrected chi connectivity index (χ4v) is 2.39. The number of hydrogen-bond acceptors (Lipinski definition) is 5. The molecule has 1 aromatic carbocycles. The van der Waals surface area contributed by atoms with Crippen LogP contribution in [-0.4, -0.2) is 29.8 Å². The van der Waals surface area contributed by atoms with Crippen molar-refractivity contribution in [3.63, 3.8) is 0 Å². The van der Waals surface area contributed by atoms with Gasteiger partial charge < -0.3 is 10.5 Å². The topological polar surface area (TPSA) is 116 Å². The number of hydrogen-bond donors (Lipinski definition) is 2. The molecule has 0 radical (unpaired) electrons. The molecule has 0 aliphatic rings. The van der Waals surface area contributed by atoms with Crippen LogP contribution < -0.4 is 11.1 Å². The first-order chi connectivity index (χ1) is 12.2. The highest BCUT2D eigenvalue weighted by Gasteiger charge is 2.27. The maximum absolute atomic E-state index is 12.2. The molecule has 0 aliphatic carbocycles. The number of carbonyl (C=O) groups is 4. The molecule has 1 rings (SSSR count). The van der Waals surface area contributed by atoms with Crippen LogP contribution in [0.1, 0.15) is 56.0 Å². The molecule has 7 nitrogen and oxygen atoms in total. The molecule has 0 saturated heterocycles. The van der Waals surface area contributed by atoms with Crippen molar-refractivity contribution in [3.8, 4) is 0 Å². The van der Waals surface area contributed by atoms with Crippen LogP contribution >= 0.6 is 0 Å². The molecule has 142 valence electrons. The number of benzene rings is 1. The van der Waals surface area contributed by atoms with E-state index in [2.05, 4.69) is 6.92 Å². The van der Waals surface area contributed by atoms with E-state index in [0.717, 1.165) is 18.4 Å². The predicted octanol–water partition coefficient (Wildman–Crippen LogP) is 2.36. The van der Waals surface area contributed by atoms with Crippen molar-refractivity contribution in [2.45, 2.75) is 52.6 Å². The Hall–Kier alpha value is -2.70. The van der Waals surface area contributed by atoms with Gasteiger partial charge in [-0.25, -0.2) is 4.79 Å². The monoisotopic (exact) mass is 362 g/mol. The Balaban J connectivity index is 2.57. The third-order valence-electron chi connectivity index (χ3n) is 3.74. The summed E-state index contributed by atoms with van der Waals surface area (Å²) in [7, 11) is 0. The van der Waals surface area contributed by atoms with Crippen molar-refractivity contribution in [3.05, 3.63) is 35.4 Å². The smallest absolute Gasteiger partial charge is 0.318 e. The standard InChI is InChI=1S/C19H26N2O5/c1-4-5-13-6-8-14(9-7-13)15(22)10-11-16(23)26-17(12(2)3)18(24)21-19(20)25/h6-9,12,17H,4-5,10-11H2,1-3H3,(H3,20,21,24,25)/t17-/m1/s1. The van der Waals surface area contributed by atoms with Crippen molar-refractivity contribution in [1.82, 2.24) is 5.32 Å². The number of aryl methyl sites for hydroxylation is 1. The summed E-state index contributed by atoms with van der Waals surface area (Å²) < 4.78 is 5.10. The van der Waals surface area contributed by atoms with Crippen LogP contribution in [0.2, 0.25) is 0 Å². The minimum atomic E-state index is -1.14. The Morgan fingerprint density at radius 2 is 1.69 bits per heavy atom. The van der Waals surface area contributed by atoms with E-state index in [0.29, 0.717) is 5.56 Å². The Bertz CT molecular complexity index is 652. The lowest BCUT2D eigenvalue weighted by Gasteiger charge is -2.19. The molecule has 0 heterocycles. The number of urea groups is 1. The number of Topliss-reactive ketones (excluding diaryl/α,β-unsaturated/α-hetero) is 1. The lowest BCUT2D eigenvalue weighted by Crippen LogP contribution is -2.45. The number of carbonyl (C=O) groups excluding carboxylic acids is 4. The quantitative estimate of drug-likeness (QED) is 0.517. The highest BCUT2D eigenvalue weighted by molar-refractivity contribution is 5.98. The fraction of sp³-hybridized carbons (Fsp3) is 0.474. The van der Waals surface area contributed by atoms with Gasteiger partial charge in [-0.15, -0.1) is 0 Å². The highest BCUT2D eigenvalue weighted by Crippen LogP contribution is 2.12. The van der Waals surface area contributed by atoms with E-state index in [-0.39, 0.29) is 24.5 Å². The number of primary amides is 1. The molecule has 1 atom stereocenters. The van der Waals surface area contributed by atoms with Crippen molar-refractivity contribution < 1.29 is 23.9 Å². The molecule has 0 aromatic heterocycles. The zero-order valence-electron chi connectivity index (χ0n) is 15.4. The van der Waals surface area contributed by atoms with Crippen LogP contribution in [0.4, 0.5) is 4.79 Å². The van der Waals surface area contributed by atoms with Gasteiger partial charge in [-0.1, -0.05) is 51.5 Å². The summed E-state index contributed by atoms with van der Waals surface area (Å²) in [6, 6.07) is 6.28. The molecule has 0 fully saturated rings. The van der Waals surface area contributed by atoms with Gasteiger partial charge in [-0.3, -0.25) is 19.7 Å². The van der Waals surface area contributed by atoms with Gasteiger partial charge in [0.25, 0.3) is 5.91 Å². The number of imide groups is 1. The van der Waals surface area contributed by atoms with Gasteiger partial charge in [0.2, 0.25) is 0 Å². The third kappa shape index (κ3) is 7.04. The molecule has 0 saturated carbocycles. The van der Waals surface area contributed by atoms with Crippen LogP contribution in [0.25, 0.3) is 0 Å². The van der Waals surface area contributed by atoms with Gasteiger partial charge >= 0.3 is 12.0 Å². The zero-order chi connectivity index (χ0) is 19.7. The van der Waals surface area contributed by atoms with Crippen molar-refractivity contribution >= 4 is 23.7 Å². The number of nitrogens with two attached hydrogens (primary N) is 1. The molecule has 0 unspecified atom stereocenters. The summed E-state index contributed by atoms with van der Waals surface area (Å²) in [5, 5.41) is 1.89. The zero-order valence-corrected chi connectivity index (χ0v) is 15.4. The van der Waals surface area contributed by atoms with Crippen LogP contribution in [0, 0.1) is 5.92 Å². The van der Waals surface area contributed by atoms with Gasteiger partial charge in [0.1, 0.15) is 0 Å². The molecule has 7 heteroatoms. The fourth-order valence-electron chi connectivity index (χ4n) is 2.39. The predicted molar refractivity (Wildman–Crippen MR) is 96.4 cm³/mol. The number of esters is 1. The SMILES string of the molecule is CCCc1ccc(C(=O)CCC(=O)O[C@@H](C(=O)NC(N)=O)C(C)C)cc1. The second kappa shape index (κ2) is 10.3. The molecular weight excluding hydrogens is 336 g/mol. The average molecular weight is 362 g/mol. The van der Waals surface area contributed by atoms with Gasteiger partial charge in [-0.2, -0.15) is 0 Å². The maximum atomic E-state index is 12.2. The molecule has 0 spiro atoms. The number of amides is 3. The lowest BCUT2D eigenvalue weighted by molar-refractivity contribution is -0.158. The Kier molecular flexibility index (Phi) is 8.48. The number of nitrogens with one attached hydrogen (secondary N) is 1. The number of rotatable bonds is 9. The molecule has 0 bridgehead atoms.